The number of amides is 1. The molecule has 1 aromatic heterocycles. The summed E-state index contributed by atoms with van der Waals surface area (Å²) in [6, 6.07) is 18.5. The maximum atomic E-state index is 13.0. The molecule has 1 fully saturated rings. The molecule has 0 unspecified atom stereocenters. The number of benzene rings is 2. The highest BCUT2D eigenvalue weighted by Crippen LogP contribution is 2.28. The summed E-state index contributed by atoms with van der Waals surface area (Å²) in [4.78, 5) is 17.3. The largest absolute Gasteiger partial charge is 0.368 e. The number of hydrogen-bond donors (Lipinski definition) is 0. The highest BCUT2D eigenvalue weighted by molar-refractivity contribution is 8.00. The van der Waals surface area contributed by atoms with Crippen LogP contribution in [0.4, 0.5) is 5.69 Å². The van der Waals surface area contributed by atoms with Gasteiger partial charge in [0.1, 0.15) is 0 Å². The van der Waals surface area contributed by atoms with Crippen LogP contribution in [0.3, 0.4) is 0 Å². The van der Waals surface area contributed by atoms with Gasteiger partial charge in [-0.05, 0) is 31.5 Å². The van der Waals surface area contributed by atoms with Crippen LogP contribution in [0.5, 0.6) is 0 Å². The second kappa shape index (κ2) is 8.92. The minimum atomic E-state index is -0.208. The topological polar surface area (TPSA) is 54.3 Å². The lowest BCUT2D eigenvalue weighted by atomic mass is 10.1. The fraction of sp³-hybridized carbons (Fsp3) is 0.348. The molecular formula is C23H27N5OS. The van der Waals surface area contributed by atoms with Gasteiger partial charge in [-0.1, -0.05) is 54.2 Å². The number of piperazine rings is 1. The molecule has 1 atom stereocenters. The number of thioether (sulfide) groups is 1. The van der Waals surface area contributed by atoms with Crippen molar-refractivity contribution < 1.29 is 4.79 Å². The Bertz CT molecular complexity index is 1010. The molecule has 2 aromatic carbocycles. The Balaban J connectivity index is 1.38. The summed E-state index contributed by atoms with van der Waals surface area (Å²) in [5.41, 5.74) is 3.44. The number of para-hydroxylation sites is 1. The monoisotopic (exact) mass is 421 g/mol. The van der Waals surface area contributed by atoms with Crippen LogP contribution in [-0.2, 0) is 11.8 Å². The van der Waals surface area contributed by atoms with E-state index in [4.69, 9.17) is 0 Å². The minimum absolute atomic E-state index is 0.160. The molecule has 30 heavy (non-hydrogen) atoms. The van der Waals surface area contributed by atoms with Crippen molar-refractivity contribution in [3.8, 4) is 11.4 Å². The third-order valence-corrected chi connectivity index (χ3v) is 6.69. The molecule has 4 rings (SSSR count). The molecule has 3 aromatic rings. The molecule has 7 heteroatoms. The van der Waals surface area contributed by atoms with Gasteiger partial charge in [0.15, 0.2) is 11.0 Å². The van der Waals surface area contributed by atoms with Gasteiger partial charge in [0.25, 0.3) is 0 Å². The highest BCUT2D eigenvalue weighted by atomic mass is 32.2. The molecule has 0 spiro atoms. The molecule has 0 bridgehead atoms. The SMILES string of the molecule is Cc1ccccc1-c1nnc(S[C@@H](C)C(=O)N2CCN(c3ccccc3)CC2)n1C. The Morgan fingerprint density at radius 3 is 2.33 bits per heavy atom. The van der Waals surface area contributed by atoms with E-state index in [1.54, 1.807) is 0 Å². The summed E-state index contributed by atoms with van der Waals surface area (Å²) in [7, 11) is 1.96. The molecule has 1 saturated heterocycles. The van der Waals surface area contributed by atoms with E-state index in [-0.39, 0.29) is 11.2 Å². The van der Waals surface area contributed by atoms with E-state index in [1.807, 2.05) is 41.6 Å². The van der Waals surface area contributed by atoms with Gasteiger partial charge in [0, 0.05) is 44.5 Å². The maximum Gasteiger partial charge on any atom is 0.236 e. The number of aryl methyl sites for hydroxylation is 1. The number of carbonyl (C=O) groups is 1. The molecule has 156 valence electrons. The first kappa shape index (κ1) is 20.5. The van der Waals surface area contributed by atoms with Crippen molar-refractivity contribution in [1.82, 2.24) is 19.7 Å². The molecule has 0 saturated carbocycles. The van der Waals surface area contributed by atoms with Gasteiger partial charge in [-0.3, -0.25) is 4.79 Å². The molecule has 0 radical (unpaired) electrons. The van der Waals surface area contributed by atoms with Crippen LogP contribution in [-0.4, -0.2) is 57.0 Å². The van der Waals surface area contributed by atoms with Gasteiger partial charge in [-0.15, -0.1) is 10.2 Å². The number of nitrogens with zero attached hydrogens (tertiary/aromatic N) is 5. The standard InChI is InChI=1S/C23H27N5OS/c1-17-9-7-8-12-20(17)21-24-25-23(26(21)3)30-18(2)22(29)28-15-13-27(14-16-28)19-10-5-4-6-11-19/h4-12,18H,13-16H2,1-3H3/t18-/m0/s1. The van der Waals surface area contributed by atoms with Crippen molar-refractivity contribution in [2.75, 3.05) is 31.1 Å². The van der Waals surface area contributed by atoms with E-state index in [9.17, 15) is 4.79 Å². The van der Waals surface area contributed by atoms with E-state index in [2.05, 4.69) is 58.4 Å². The molecule has 2 heterocycles. The Morgan fingerprint density at radius 2 is 1.63 bits per heavy atom. The molecule has 1 aliphatic rings. The summed E-state index contributed by atoms with van der Waals surface area (Å²) >= 11 is 1.48. The van der Waals surface area contributed by atoms with Gasteiger partial charge >= 0.3 is 0 Å². The number of aromatic nitrogens is 3. The fourth-order valence-electron chi connectivity index (χ4n) is 3.77. The van der Waals surface area contributed by atoms with Crippen LogP contribution < -0.4 is 4.90 Å². The van der Waals surface area contributed by atoms with E-state index < -0.39 is 0 Å². The van der Waals surface area contributed by atoms with E-state index in [0.717, 1.165) is 48.3 Å². The summed E-state index contributed by atoms with van der Waals surface area (Å²) in [6.07, 6.45) is 0. The van der Waals surface area contributed by atoms with Crippen LogP contribution in [0.25, 0.3) is 11.4 Å². The van der Waals surface area contributed by atoms with Gasteiger partial charge in [0.2, 0.25) is 5.91 Å². The minimum Gasteiger partial charge on any atom is -0.368 e. The van der Waals surface area contributed by atoms with Crippen molar-refractivity contribution in [3.63, 3.8) is 0 Å². The van der Waals surface area contributed by atoms with Crippen molar-refractivity contribution in [3.05, 3.63) is 60.2 Å². The van der Waals surface area contributed by atoms with Crippen molar-refractivity contribution in [2.24, 2.45) is 7.05 Å². The van der Waals surface area contributed by atoms with Crippen LogP contribution >= 0.6 is 11.8 Å². The molecule has 0 N–H and O–H groups in total. The Hall–Kier alpha value is -2.80. The number of carbonyl (C=O) groups excluding carboxylic acids is 1. The molecule has 6 nitrogen and oxygen atoms in total. The van der Waals surface area contributed by atoms with Crippen LogP contribution in [0.1, 0.15) is 12.5 Å². The van der Waals surface area contributed by atoms with Gasteiger partial charge in [-0.2, -0.15) is 0 Å². The average Bonchev–Trinajstić information content (AvgIpc) is 3.14. The van der Waals surface area contributed by atoms with E-state index in [0.29, 0.717) is 0 Å². The lowest BCUT2D eigenvalue weighted by molar-refractivity contribution is -0.130. The fourth-order valence-corrected chi connectivity index (χ4v) is 4.66. The lowest BCUT2D eigenvalue weighted by Crippen LogP contribution is -2.50. The molecule has 0 aliphatic carbocycles. The zero-order chi connectivity index (χ0) is 21.1. The van der Waals surface area contributed by atoms with Crippen LogP contribution in [0.2, 0.25) is 0 Å². The third kappa shape index (κ3) is 4.21. The van der Waals surface area contributed by atoms with E-state index >= 15 is 0 Å². The Kier molecular flexibility index (Phi) is 6.08. The number of hydrogen-bond acceptors (Lipinski definition) is 5. The van der Waals surface area contributed by atoms with Gasteiger partial charge < -0.3 is 14.4 Å². The predicted molar refractivity (Wildman–Crippen MR) is 122 cm³/mol. The van der Waals surface area contributed by atoms with Crippen molar-refractivity contribution >= 4 is 23.4 Å². The van der Waals surface area contributed by atoms with Gasteiger partial charge in [-0.25, -0.2) is 0 Å². The zero-order valence-corrected chi connectivity index (χ0v) is 18.5. The molecular weight excluding hydrogens is 394 g/mol. The summed E-state index contributed by atoms with van der Waals surface area (Å²) in [6.45, 7) is 7.22. The maximum absolute atomic E-state index is 13.0. The first-order valence-electron chi connectivity index (χ1n) is 10.3. The quantitative estimate of drug-likeness (QED) is 0.589. The second-order valence-corrected chi connectivity index (χ2v) is 8.90. The van der Waals surface area contributed by atoms with Crippen molar-refractivity contribution in [2.45, 2.75) is 24.3 Å². The highest BCUT2D eigenvalue weighted by Gasteiger charge is 2.27. The Labute approximate surface area is 181 Å². The number of rotatable bonds is 5. The first-order valence-corrected chi connectivity index (χ1v) is 11.1. The molecule has 1 amide bonds. The van der Waals surface area contributed by atoms with E-state index in [1.165, 1.54) is 17.4 Å². The normalized spacial score (nSPS) is 15.3. The van der Waals surface area contributed by atoms with Crippen LogP contribution in [0.15, 0.2) is 59.8 Å². The average molecular weight is 422 g/mol. The predicted octanol–water partition coefficient (Wildman–Crippen LogP) is 3.62. The van der Waals surface area contributed by atoms with Crippen LogP contribution in [0, 0.1) is 6.92 Å². The smallest absolute Gasteiger partial charge is 0.236 e. The summed E-state index contributed by atoms with van der Waals surface area (Å²) in [5, 5.41) is 9.28. The lowest BCUT2D eigenvalue weighted by Gasteiger charge is -2.37. The number of anilines is 1. The third-order valence-electron chi connectivity index (χ3n) is 5.56. The summed E-state index contributed by atoms with van der Waals surface area (Å²) < 4.78 is 1.98. The first-order chi connectivity index (χ1) is 14.5. The molecule has 1 aliphatic heterocycles. The zero-order valence-electron chi connectivity index (χ0n) is 17.7. The Morgan fingerprint density at radius 1 is 0.967 bits per heavy atom. The summed E-state index contributed by atoms with van der Waals surface area (Å²) in [5.74, 6) is 0.986. The van der Waals surface area contributed by atoms with Crippen molar-refractivity contribution in [1.29, 1.82) is 0 Å². The second-order valence-electron chi connectivity index (χ2n) is 7.59. The van der Waals surface area contributed by atoms with Gasteiger partial charge in [0.05, 0.1) is 5.25 Å².